The van der Waals surface area contributed by atoms with E-state index in [0.29, 0.717) is 16.9 Å². The number of aromatic nitrogens is 1. The number of carbonyl (C=O) groups is 2. The van der Waals surface area contributed by atoms with Gasteiger partial charge >= 0.3 is 5.97 Å². The van der Waals surface area contributed by atoms with Crippen LogP contribution in [0.5, 0.6) is 0 Å². The number of hydrogen-bond acceptors (Lipinski definition) is 4. The first-order chi connectivity index (χ1) is 14.4. The predicted octanol–water partition coefficient (Wildman–Crippen LogP) is 3.83. The van der Waals surface area contributed by atoms with Crippen molar-refractivity contribution in [1.29, 1.82) is 5.26 Å². The number of amides is 1. The molecule has 1 aromatic heterocycles. The highest BCUT2D eigenvalue weighted by Crippen LogP contribution is 2.29. The molecule has 3 aromatic rings. The maximum atomic E-state index is 13.2. The van der Waals surface area contributed by atoms with E-state index >= 15 is 0 Å². The lowest BCUT2D eigenvalue weighted by atomic mass is 10.1. The van der Waals surface area contributed by atoms with Gasteiger partial charge < -0.3 is 10.1 Å². The van der Waals surface area contributed by atoms with Crippen molar-refractivity contribution in [2.24, 2.45) is 0 Å². The first-order valence-corrected chi connectivity index (χ1v) is 9.28. The van der Waals surface area contributed by atoms with Crippen molar-refractivity contribution in [3.05, 3.63) is 82.8 Å². The molecule has 3 rings (SSSR count). The van der Waals surface area contributed by atoms with Crippen molar-refractivity contribution in [2.45, 2.75) is 20.3 Å². The van der Waals surface area contributed by atoms with Crippen LogP contribution in [0.4, 0.5) is 10.2 Å². The zero-order valence-electron chi connectivity index (χ0n) is 16.6. The van der Waals surface area contributed by atoms with Crippen LogP contribution in [0.15, 0.2) is 54.6 Å². The summed E-state index contributed by atoms with van der Waals surface area (Å²) in [6.07, 6.45) is -0.146. The summed E-state index contributed by atoms with van der Waals surface area (Å²) in [4.78, 5) is 24.4. The minimum absolute atomic E-state index is 0.146. The molecule has 0 saturated carbocycles. The highest BCUT2D eigenvalue weighted by Gasteiger charge is 2.21. The fourth-order valence-corrected chi connectivity index (χ4v) is 3.14. The van der Waals surface area contributed by atoms with Gasteiger partial charge in [-0.2, -0.15) is 5.26 Å². The summed E-state index contributed by atoms with van der Waals surface area (Å²) < 4.78 is 20.0. The molecule has 0 spiro atoms. The van der Waals surface area contributed by atoms with Crippen molar-refractivity contribution >= 4 is 17.7 Å². The highest BCUT2D eigenvalue weighted by atomic mass is 19.1. The normalized spacial score (nSPS) is 10.3. The zero-order chi connectivity index (χ0) is 21.7. The number of nitriles is 1. The third-order valence-electron chi connectivity index (χ3n) is 4.70. The molecule has 1 heterocycles. The van der Waals surface area contributed by atoms with Crippen LogP contribution in [-0.2, 0) is 20.7 Å². The van der Waals surface area contributed by atoms with Gasteiger partial charge in [0.15, 0.2) is 6.61 Å². The van der Waals surface area contributed by atoms with E-state index < -0.39 is 24.3 Å². The molecule has 0 unspecified atom stereocenters. The second-order valence-corrected chi connectivity index (χ2v) is 6.73. The number of benzene rings is 2. The van der Waals surface area contributed by atoms with Gasteiger partial charge in [-0.05, 0) is 49.2 Å². The molecule has 0 aliphatic heterocycles. The average molecular weight is 405 g/mol. The summed E-state index contributed by atoms with van der Waals surface area (Å²) in [7, 11) is 0. The van der Waals surface area contributed by atoms with E-state index in [2.05, 4.69) is 11.4 Å². The van der Waals surface area contributed by atoms with E-state index in [4.69, 9.17) is 4.74 Å². The van der Waals surface area contributed by atoms with Crippen molar-refractivity contribution < 1.29 is 18.7 Å². The minimum Gasteiger partial charge on any atom is -0.455 e. The molecular formula is C23H20FN3O3. The molecule has 0 bridgehead atoms. The summed E-state index contributed by atoms with van der Waals surface area (Å²) in [5, 5.41) is 12.3. The van der Waals surface area contributed by atoms with Crippen LogP contribution in [0.1, 0.15) is 22.4 Å². The van der Waals surface area contributed by atoms with Crippen molar-refractivity contribution in [2.75, 3.05) is 11.9 Å². The van der Waals surface area contributed by atoms with Gasteiger partial charge in [-0.1, -0.05) is 30.3 Å². The second-order valence-electron chi connectivity index (χ2n) is 6.73. The van der Waals surface area contributed by atoms with Crippen LogP contribution >= 0.6 is 0 Å². The number of nitrogens with zero attached hydrogens (tertiary/aromatic N) is 2. The van der Waals surface area contributed by atoms with Crippen LogP contribution < -0.4 is 5.32 Å². The third-order valence-corrected chi connectivity index (χ3v) is 4.70. The number of hydrogen-bond donors (Lipinski definition) is 1. The lowest BCUT2D eigenvalue weighted by molar-refractivity contribution is -0.146. The van der Waals surface area contributed by atoms with Gasteiger partial charge in [0.25, 0.3) is 5.91 Å². The van der Waals surface area contributed by atoms with Gasteiger partial charge in [-0.25, -0.2) is 4.39 Å². The van der Waals surface area contributed by atoms with Crippen LogP contribution in [0.3, 0.4) is 0 Å². The van der Waals surface area contributed by atoms with E-state index in [1.807, 2.05) is 44.2 Å². The summed E-state index contributed by atoms with van der Waals surface area (Å²) in [6.45, 7) is 3.15. The quantitative estimate of drug-likeness (QED) is 0.632. The number of carbonyl (C=O) groups excluding carboxylic acids is 2. The van der Waals surface area contributed by atoms with Gasteiger partial charge in [0.2, 0.25) is 0 Å². The average Bonchev–Trinajstić information content (AvgIpc) is 2.96. The molecule has 7 heteroatoms. The molecule has 1 amide bonds. The molecule has 0 atom stereocenters. The van der Waals surface area contributed by atoms with E-state index in [1.165, 1.54) is 18.2 Å². The van der Waals surface area contributed by atoms with Crippen molar-refractivity contribution in [3.8, 4) is 11.8 Å². The molecule has 0 fully saturated rings. The maximum absolute atomic E-state index is 13.2. The smallest absolute Gasteiger partial charge is 0.310 e. The Morgan fingerprint density at radius 1 is 1.13 bits per heavy atom. The van der Waals surface area contributed by atoms with Crippen molar-refractivity contribution in [1.82, 2.24) is 4.57 Å². The molecule has 0 radical (unpaired) electrons. The molecule has 152 valence electrons. The Morgan fingerprint density at radius 3 is 2.53 bits per heavy atom. The summed E-state index contributed by atoms with van der Waals surface area (Å²) in [5.41, 5.74) is 3.15. The first kappa shape index (κ1) is 20.8. The number of anilines is 1. The summed E-state index contributed by atoms with van der Waals surface area (Å²) >= 11 is 0. The minimum atomic E-state index is -0.651. The third kappa shape index (κ3) is 4.55. The largest absolute Gasteiger partial charge is 0.455 e. The zero-order valence-corrected chi connectivity index (χ0v) is 16.6. The monoisotopic (exact) mass is 405 g/mol. The number of esters is 1. The Kier molecular flexibility index (Phi) is 6.28. The van der Waals surface area contributed by atoms with E-state index in [-0.39, 0.29) is 6.42 Å². The summed E-state index contributed by atoms with van der Waals surface area (Å²) in [6, 6.07) is 17.0. The van der Waals surface area contributed by atoms with Gasteiger partial charge in [0, 0.05) is 11.4 Å². The summed E-state index contributed by atoms with van der Waals surface area (Å²) in [5.74, 6) is -1.35. The Balaban J connectivity index is 1.73. The Hall–Kier alpha value is -3.92. The SMILES string of the molecule is Cc1c(C#N)c(NC(=O)COC(=O)Cc2cccc(F)c2)n(-c2ccccc2)c1C. The Morgan fingerprint density at radius 2 is 1.87 bits per heavy atom. The predicted molar refractivity (Wildman–Crippen MR) is 110 cm³/mol. The number of rotatable bonds is 6. The number of ether oxygens (including phenoxy) is 1. The lowest BCUT2D eigenvalue weighted by Gasteiger charge is -2.13. The molecule has 0 aliphatic carbocycles. The van der Waals surface area contributed by atoms with Gasteiger partial charge in [-0.15, -0.1) is 0 Å². The Bertz CT molecular complexity index is 1130. The molecule has 6 nitrogen and oxygen atoms in total. The van der Waals surface area contributed by atoms with Crippen LogP contribution in [0.2, 0.25) is 0 Å². The molecule has 1 N–H and O–H groups in total. The highest BCUT2D eigenvalue weighted by molar-refractivity contribution is 5.94. The molecule has 2 aromatic carbocycles. The van der Waals surface area contributed by atoms with E-state index in [9.17, 15) is 19.2 Å². The second kappa shape index (κ2) is 9.05. The molecule has 30 heavy (non-hydrogen) atoms. The number of halogens is 1. The van der Waals surface area contributed by atoms with Gasteiger partial charge in [0.05, 0.1) is 12.0 Å². The molecular weight excluding hydrogens is 385 g/mol. The van der Waals surface area contributed by atoms with Crippen LogP contribution in [0, 0.1) is 31.0 Å². The fraction of sp³-hybridized carbons (Fsp3) is 0.174. The molecule has 0 aliphatic rings. The van der Waals surface area contributed by atoms with Gasteiger partial charge in [0.1, 0.15) is 17.7 Å². The van der Waals surface area contributed by atoms with Gasteiger partial charge in [-0.3, -0.25) is 14.2 Å². The Labute approximate surface area is 173 Å². The number of nitrogens with one attached hydrogen (secondary N) is 1. The van der Waals surface area contributed by atoms with E-state index in [0.717, 1.165) is 16.9 Å². The lowest BCUT2D eigenvalue weighted by Crippen LogP contribution is -2.23. The fourth-order valence-electron chi connectivity index (χ4n) is 3.14. The van der Waals surface area contributed by atoms with Crippen LogP contribution in [0.25, 0.3) is 5.69 Å². The molecule has 0 saturated heterocycles. The van der Waals surface area contributed by atoms with Crippen molar-refractivity contribution in [3.63, 3.8) is 0 Å². The number of para-hydroxylation sites is 1. The van der Waals surface area contributed by atoms with E-state index in [1.54, 1.807) is 10.6 Å². The van der Waals surface area contributed by atoms with Crippen LogP contribution in [-0.4, -0.2) is 23.1 Å². The topological polar surface area (TPSA) is 84.1 Å². The first-order valence-electron chi connectivity index (χ1n) is 9.28. The standard InChI is InChI=1S/C23H20FN3O3/c1-15-16(2)27(19-9-4-3-5-10-19)23(20(15)13-25)26-21(28)14-30-22(29)12-17-7-6-8-18(24)11-17/h3-11H,12,14H2,1-2H3,(H,26,28). The maximum Gasteiger partial charge on any atom is 0.310 e.